The van der Waals surface area contributed by atoms with Crippen molar-refractivity contribution in [2.45, 2.75) is 38.8 Å². The standard InChI is InChI=1S/C23H27N3O3/c1-3-25(4-2)23(29)21(17-11-7-5-8-12-17)24-22(28)19-15-16-20(27)26(19)18-13-9-6-10-14-18/h5-14,19,21H,3-4,15-16H2,1-2H3,(H,24,28). The molecular formula is C23H27N3O3. The Morgan fingerprint density at radius 2 is 1.62 bits per heavy atom. The molecule has 1 heterocycles. The fourth-order valence-electron chi connectivity index (χ4n) is 3.73. The second-order valence-electron chi connectivity index (χ2n) is 7.02. The van der Waals surface area contributed by atoms with Crippen molar-refractivity contribution in [2.24, 2.45) is 0 Å². The third-order valence-electron chi connectivity index (χ3n) is 5.29. The van der Waals surface area contributed by atoms with Crippen LogP contribution in [-0.4, -0.2) is 41.8 Å². The van der Waals surface area contributed by atoms with Gasteiger partial charge in [-0.2, -0.15) is 0 Å². The number of para-hydroxylation sites is 1. The second kappa shape index (κ2) is 9.37. The summed E-state index contributed by atoms with van der Waals surface area (Å²) in [6, 6.07) is 17.0. The maximum atomic E-state index is 13.2. The van der Waals surface area contributed by atoms with Crippen LogP contribution in [0.4, 0.5) is 5.69 Å². The van der Waals surface area contributed by atoms with Crippen molar-refractivity contribution < 1.29 is 14.4 Å². The Balaban J connectivity index is 1.86. The number of benzene rings is 2. The van der Waals surface area contributed by atoms with Gasteiger partial charge in [-0.15, -0.1) is 0 Å². The number of carbonyl (C=O) groups is 3. The summed E-state index contributed by atoms with van der Waals surface area (Å²) in [5.41, 5.74) is 1.43. The molecule has 0 bridgehead atoms. The number of hydrogen-bond acceptors (Lipinski definition) is 3. The molecule has 2 atom stereocenters. The quantitative estimate of drug-likeness (QED) is 0.786. The number of likely N-dealkylation sites (N-methyl/N-ethyl adjacent to an activating group) is 1. The largest absolute Gasteiger partial charge is 0.341 e. The van der Waals surface area contributed by atoms with Crippen molar-refractivity contribution in [1.82, 2.24) is 10.2 Å². The SMILES string of the molecule is CCN(CC)C(=O)C(NC(=O)C1CCC(=O)N1c1ccccc1)c1ccccc1. The minimum absolute atomic E-state index is 0.0809. The molecule has 0 spiro atoms. The van der Waals surface area contributed by atoms with Crippen LogP contribution in [0.5, 0.6) is 0 Å². The highest BCUT2D eigenvalue weighted by Gasteiger charge is 2.39. The van der Waals surface area contributed by atoms with Crippen LogP contribution in [0.3, 0.4) is 0 Å². The van der Waals surface area contributed by atoms with Crippen LogP contribution >= 0.6 is 0 Å². The van der Waals surface area contributed by atoms with E-state index < -0.39 is 12.1 Å². The summed E-state index contributed by atoms with van der Waals surface area (Å²) in [6.45, 7) is 4.95. The van der Waals surface area contributed by atoms with Crippen LogP contribution in [0.25, 0.3) is 0 Å². The third kappa shape index (κ3) is 4.47. The van der Waals surface area contributed by atoms with E-state index in [1.54, 1.807) is 9.80 Å². The Bertz CT molecular complexity index is 850. The highest BCUT2D eigenvalue weighted by atomic mass is 16.2. The Labute approximate surface area is 171 Å². The second-order valence-corrected chi connectivity index (χ2v) is 7.02. The van der Waals surface area contributed by atoms with Gasteiger partial charge < -0.3 is 10.2 Å². The predicted molar refractivity (Wildman–Crippen MR) is 112 cm³/mol. The maximum Gasteiger partial charge on any atom is 0.249 e. The van der Waals surface area contributed by atoms with Crippen molar-refractivity contribution in [1.29, 1.82) is 0 Å². The van der Waals surface area contributed by atoms with Crippen LogP contribution < -0.4 is 10.2 Å². The van der Waals surface area contributed by atoms with Gasteiger partial charge in [-0.25, -0.2) is 0 Å². The molecule has 152 valence electrons. The zero-order chi connectivity index (χ0) is 20.8. The van der Waals surface area contributed by atoms with E-state index in [2.05, 4.69) is 5.32 Å². The summed E-state index contributed by atoms with van der Waals surface area (Å²) in [6.07, 6.45) is 0.744. The molecule has 0 saturated carbocycles. The minimum Gasteiger partial charge on any atom is -0.341 e. The molecule has 1 saturated heterocycles. The van der Waals surface area contributed by atoms with E-state index in [-0.39, 0.29) is 17.7 Å². The van der Waals surface area contributed by atoms with Crippen LogP contribution in [-0.2, 0) is 14.4 Å². The molecule has 6 nitrogen and oxygen atoms in total. The highest BCUT2D eigenvalue weighted by Crippen LogP contribution is 2.27. The molecule has 1 aliphatic heterocycles. The molecule has 6 heteroatoms. The molecule has 2 unspecified atom stereocenters. The average molecular weight is 393 g/mol. The Morgan fingerprint density at radius 3 is 2.21 bits per heavy atom. The number of anilines is 1. The lowest BCUT2D eigenvalue weighted by atomic mass is 10.0. The van der Waals surface area contributed by atoms with Gasteiger partial charge in [0.1, 0.15) is 12.1 Å². The summed E-state index contributed by atoms with van der Waals surface area (Å²) < 4.78 is 0. The normalized spacial score (nSPS) is 17.1. The number of carbonyl (C=O) groups excluding carboxylic acids is 3. The minimum atomic E-state index is -0.781. The van der Waals surface area contributed by atoms with Crippen molar-refractivity contribution in [3.05, 3.63) is 66.2 Å². The fourth-order valence-corrected chi connectivity index (χ4v) is 3.73. The van der Waals surface area contributed by atoms with Crippen molar-refractivity contribution >= 4 is 23.4 Å². The van der Waals surface area contributed by atoms with Crippen molar-refractivity contribution in [3.63, 3.8) is 0 Å². The first-order valence-corrected chi connectivity index (χ1v) is 10.1. The summed E-state index contributed by atoms with van der Waals surface area (Å²) >= 11 is 0. The van der Waals surface area contributed by atoms with E-state index in [9.17, 15) is 14.4 Å². The first kappa shape index (κ1) is 20.6. The Hall–Kier alpha value is -3.15. The first-order valence-electron chi connectivity index (χ1n) is 10.1. The van der Waals surface area contributed by atoms with E-state index in [0.29, 0.717) is 31.6 Å². The number of amides is 3. The molecule has 1 N–H and O–H groups in total. The van der Waals surface area contributed by atoms with E-state index in [0.717, 1.165) is 5.56 Å². The number of nitrogens with one attached hydrogen (secondary N) is 1. The zero-order valence-electron chi connectivity index (χ0n) is 16.9. The number of hydrogen-bond donors (Lipinski definition) is 1. The van der Waals surface area contributed by atoms with Gasteiger partial charge in [0.05, 0.1) is 0 Å². The van der Waals surface area contributed by atoms with E-state index in [1.165, 1.54) is 0 Å². The lowest BCUT2D eigenvalue weighted by molar-refractivity contribution is -0.136. The molecule has 0 aliphatic carbocycles. The van der Waals surface area contributed by atoms with Crippen LogP contribution in [0.1, 0.15) is 38.3 Å². The highest BCUT2D eigenvalue weighted by molar-refractivity contribution is 6.04. The van der Waals surface area contributed by atoms with Gasteiger partial charge in [0.15, 0.2) is 0 Å². The van der Waals surface area contributed by atoms with Gasteiger partial charge in [-0.1, -0.05) is 48.5 Å². The van der Waals surface area contributed by atoms with Gasteiger partial charge in [-0.05, 0) is 38.0 Å². The van der Waals surface area contributed by atoms with Gasteiger partial charge in [-0.3, -0.25) is 19.3 Å². The van der Waals surface area contributed by atoms with E-state index in [4.69, 9.17) is 0 Å². The van der Waals surface area contributed by atoms with Crippen LogP contribution in [0.2, 0.25) is 0 Å². The molecule has 3 rings (SSSR count). The lowest BCUT2D eigenvalue weighted by Gasteiger charge is -2.29. The molecule has 1 aliphatic rings. The van der Waals surface area contributed by atoms with Crippen LogP contribution in [0.15, 0.2) is 60.7 Å². The topological polar surface area (TPSA) is 69.7 Å². The maximum absolute atomic E-state index is 13.2. The van der Waals surface area contributed by atoms with Gasteiger partial charge in [0.25, 0.3) is 0 Å². The average Bonchev–Trinajstić information content (AvgIpc) is 3.15. The third-order valence-corrected chi connectivity index (χ3v) is 5.29. The fraction of sp³-hybridized carbons (Fsp3) is 0.348. The molecule has 2 aromatic carbocycles. The van der Waals surface area contributed by atoms with E-state index in [1.807, 2.05) is 74.5 Å². The van der Waals surface area contributed by atoms with Crippen LogP contribution in [0, 0.1) is 0 Å². The first-order chi connectivity index (χ1) is 14.1. The number of rotatable bonds is 7. The van der Waals surface area contributed by atoms with Gasteiger partial charge in [0, 0.05) is 25.2 Å². The molecule has 0 aromatic heterocycles. The summed E-state index contributed by atoms with van der Waals surface area (Å²) in [5.74, 6) is -0.540. The lowest BCUT2D eigenvalue weighted by Crippen LogP contribution is -2.49. The number of nitrogens with zero attached hydrogens (tertiary/aromatic N) is 2. The Morgan fingerprint density at radius 1 is 1.03 bits per heavy atom. The van der Waals surface area contributed by atoms with Gasteiger partial charge >= 0.3 is 0 Å². The predicted octanol–water partition coefficient (Wildman–Crippen LogP) is 2.91. The van der Waals surface area contributed by atoms with E-state index >= 15 is 0 Å². The molecule has 29 heavy (non-hydrogen) atoms. The zero-order valence-corrected chi connectivity index (χ0v) is 16.9. The smallest absolute Gasteiger partial charge is 0.249 e. The van der Waals surface area contributed by atoms with Crippen molar-refractivity contribution in [2.75, 3.05) is 18.0 Å². The summed E-state index contributed by atoms with van der Waals surface area (Å²) in [5, 5.41) is 2.92. The molecular weight excluding hydrogens is 366 g/mol. The van der Waals surface area contributed by atoms with Crippen molar-refractivity contribution in [3.8, 4) is 0 Å². The molecule has 1 fully saturated rings. The molecule has 3 amide bonds. The van der Waals surface area contributed by atoms with Gasteiger partial charge in [0.2, 0.25) is 17.7 Å². The summed E-state index contributed by atoms with van der Waals surface area (Å²) in [7, 11) is 0. The molecule has 0 radical (unpaired) electrons. The Kier molecular flexibility index (Phi) is 6.65. The molecule has 2 aromatic rings. The monoisotopic (exact) mass is 393 g/mol. The summed E-state index contributed by atoms with van der Waals surface area (Å²) in [4.78, 5) is 42.0.